The Labute approximate surface area is 164 Å². The van der Waals surface area contributed by atoms with Crippen LogP contribution in [0.2, 0.25) is 0 Å². The fraction of sp³-hybridized carbons (Fsp3) is 0.619. The Balaban J connectivity index is 2.65. The summed E-state index contributed by atoms with van der Waals surface area (Å²) in [5.41, 5.74) is 0.397. The van der Waals surface area contributed by atoms with E-state index in [0.717, 1.165) is 17.9 Å². The van der Waals surface area contributed by atoms with Crippen molar-refractivity contribution in [1.82, 2.24) is 16.0 Å². The molecule has 1 aromatic carbocycles. The van der Waals surface area contributed by atoms with Crippen molar-refractivity contribution in [1.29, 1.82) is 0 Å². The monoisotopic (exact) mass is 376 g/mol. The zero-order chi connectivity index (χ0) is 20.5. The van der Waals surface area contributed by atoms with Crippen molar-refractivity contribution >= 4 is 11.9 Å². The molecule has 3 N–H and O–H groups in total. The maximum Gasteiger partial charge on any atom is 0.225 e. The lowest BCUT2D eigenvalue weighted by Gasteiger charge is -2.23. The summed E-state index contributed by atoms with van der Waals surface area (Å²) in [5.74, 6) is 1.61. The number of hydrogen-bond donors (Lipinski definition) is 3. The van der Waals surface area contributed by atoms with E-state index in [0.29, 0.717) is 25.6 Å². The van der Waals surface area contributed by atoms with Gasteiger partial charge in [0.1, 0.15) is 11.4 Å². The Bertz CT molecular complexity index is 628. The first kappa shape index (κ1) is 22.8. The molecule has 1 aromatic rings. The van der Waals surface area contributed by atoms with Crippen LogP contribution < -0.4 is 20.7 Å². The third-order valence-electron chi connectivity index (χ3n) is 3.52. The van der Waals surface area contributed by atoms with E-state index < -0.39 is 0 Å². The van der Waals surface area contributed by atoms with Gasteiger partial charge in [0.2, 0.25) is 5.91 Å². The molecule has 1 rings (SSSR count). The Morgan fingerprint density at radius 1 is 1.00 bits per heavy atom. The standard InChI is InChI=1S/C21H36N4O2/c1-8-22-19(24-14-13-23-18(26)20(2,3)4)25-15-16-11-9-10-12-17(16)27-21(5,6)7/h9-12H,8,13-15H2,1-7H3,(H,23,26)(H2,22,24,25). The normalized spacial score (nSPS) is 12.5. The first-order chi connectivity index (χ1) is 12.5. The summed E-state index contributed by atoms with van der Waals surface area (Å²) in [6.45, 7) is 16.2. The molecule has 0 heterocycles. The molecule has 0 fully saturated rings. The van der Waals surface area contributed by atoms with Gasteiger partial charge in [-0.05, 0) is 33.8 Å². The van der Waals surface area contributed by atoms with Gasteiger partial charge in [-0.2, -0.15) is 0 Å². The van der Waals surface area contributed by atoms with E-state index in [4.69, 9.17) is 4.74 Å². The molecule has 6 heteroatoms. The molecule has 0 spiro atoms. The maximum absolute atomic E-state index is 11.9. The highest BCUT2D eigenvalue weighted by atomic mass is 16.5. The molecule has 6 nitrogen and oxygen atoms in total. The molecule has 0 atom stereocenters. The van der Waals surface area contributed by atoms with Crippen molar-refractivity contribution < 1.29 is 9.53 Å². The molecular weight excluding hydrogens is 340 g/mol. The lowest BCUT2D eigenvalue weighted by atomic mass is 9.96. The minimum absolute atomic E-state index is 0.0412. The van der Waals surface area contributed by atoms with Crippen molar-refractivity contribution in [3.8, 4) is 5.75 Å². The minimum atomic E-state index is -0.380. The Morgan fingerprint density at radius 2 is 1.63 bits per heavy atom. The zero-order valence-corrected chi connectivity index (χ0v) is 17.9. The predicted octanol–water partition coefficient (Wildman–Crippen LogP) is 3.08. The summed E-state index contributed by atoms with van der Waals surface area (Å²) in [7, 11) is 0. The van der Waals surface area contributed by atoms with Gasteiger partial charge in [-0.1, -0.05) is 39.0 Å². The highest BCUT2D eigenvalue weighted by Gasteiger charge is 2.20. The number of carbonyl (C=O) groups is 1. The average molecular weight is 377 g/mol. The van der Waals surface area contributed by atoms with Gasteiger partial charge in [-0.15, -0.1) is 0 Å². The van der Waals surface area contributed by atoms with Crippen molar-refractivity contribution in [2.24, 2.45) is 10.4 Å². The first-order valence-corrected chi connectivity index (χ1v) is 9.60. The van der Waals surface area contributed by atoms with E-state index in [-0.39, 0.29) is 16.9 Å². The molecule has 0 bridgehead atoms. The number of ether oxygens (including phenoxy) is 1. The van der Waals surface area contributed by atoms with Gasteiger partial charge in [0.25, 0.3) is 0 Å². The van der Waals surface area contributed by atoms with Crippen LogP contribution in [0.1, 0.15) is 54.0 Å². The number of para-hydroxylation sites is 1. The van der Waals surface area contributed by atoms with Crippen LogP contribution in [0.5, 0.6) is 5.75 Å². The number of nitrogens with one attached hydrogen (secondary N) is 3. The van der Waals surface area contributed by atoms with Gasteiger partial charge in [-0.25, -0.2) is 4.99 Å². The smallest absolute Gasteiger partial charge is 0.225 e. The predicted molar refractivity (Wildman–Crippen MR) is 112 cm³/mol. The number of benzene rings is 1. The quantitative estimate of drug-likeness (QED) is 0.388. The van der Waals surface area contributed by atoms with E-state index in [9.17, 15) is 4.79 Å². The van der Waals surface area contributed by atoms with E-state index in [1.165, 1.54) is 0 Å². The molecule has 0 saturated heterocycles. The van der Waals surface area contributed by atoms with Gasteiger partial charge < -0.3 is 20.7 Å². The number of amides is 1. The number of rotatable bonds is 7. The zero-order valence-electron chi connectivity index (χ0n) is 17.9. The van der Waals surface area contributed by atoms with Crippen LogP contribution in [0.15, 0.2) is 29.3 Å². The molecule has 0 aliphatic rings. The lowest BCUT2D eigenvalue weighted by Crippen LogP contribution is -2.43. The number of carbonyl (C=O) groups excluding carboxylic acids is 1. The van der Waals surface area contributed by atoms with Crippen molar-refractivity contribution in [3.63, 3.8) is 0 Å². The molecule has 0 radical (unpaired) electrons. The van der Waals surface area contributed by atoms with Crippen LogP contribution in [0, 0.1) is 5.41 Å². The summed E-state index contributed by atoms with van der Waals surface area (Å²) < 4.78 is 6.02. The summed E-state index contributed by atoms with van der Waals surface area (Å²) in [6, 6.07) is 7.95. The molecule has 0 aromatic heterocycles. The SMILES string of the molecule is CCNC(=NCc1ccccc1OC(C)(C)C)NCCNC(=O)C(C)(C)C. The molecular formula is C21H36N4O2. The second-order valence-electron chi connectivity index (χ2n) is 8.45. The fourth-order valence-corrected chi connectivity index (χ4v) is 2.19. The van der Waals surface area contributed by atoms with Gasteiger partial charge >= 0.3 is 0 Å². The van der Waals surface area contributed by atoms with E-state index in [1.807, 2.05) is 72.7 Å². The second kappa shape index (κ2) is 10.2. The molecule has 0 aliphatic heterocycles. The summed E-state index contributed by atoms with van der Waals surface area (Å²) >= 11 is 0. The van der Waals surface area contributed by atoms with Crippen LogP contribution in [0.4, 0.5) is 0 Å². The molecule has 27 heavy (non-hydrogen) atoms. The number of guanidine groups is 1. The van der Waals surface area contributed by atoms with Crippen LogP contribution in [-0.4, -0.2) is 37.1 Å². The Kier molecular flexibility index (Phi) is 8.60. The molecule has 0 saturated carbocycles. The van der Waals surface area contributed by atoms with E-state index in [1.54, 1.807) is 0 Å². The van der Waals surface area contributed by atoms with Crippen LogP contribution in [0.25, 0.3) is 0 Å². The Morgan fingerprint density at radius 3 is 2.22 bits per heavy atom. The number of nitrogens with zero attached hydrogens (tertiary/aromatic N) is 1. The highest BCUT2D eigenvalue weighted by molar-refractivity contribution is 5.81. The topological polar surface area (TPSA) is 74.8 Å². The van der Waals surface area contributed by atoms with Crippen LogP contribution >= 0.6 is 0 Å². The summed E-state index contributed by atoms with van der Waals surface area (Å²) in [4.78, 5) is 16.5. The van der Waals surface area contributed by atoms with Gasteiger partial charge in [0.05, 0.1) is 6.54 Å². The number of aliphatic imine (C=N–C) groups is 1. The second-order valence-corrected chi connectivity index (χ2v) is 8.45. The van der Waals surface area contributed by atoms with Gasteiger partial charge in [0, 0.05) is 30.6 Å². The van der Waals surface area contributed by atoms with E-state index >= 15 is 0 Å². The van der Waals surface area contributed by atoms with E-state index in [2.05, 4.69) is 20.9 Å². The van der Waals surface area contributed by atoms with Crippen molar-refractivity contribution in [2.45, 2.75) is 60.6 Å². The maximum atomic E-state index is 11.9. The number of hydrogen-bond acceptors (Lipinski definition) is 3. The van der Waals surface area contributed by atoms with Crippen LogP contribution in [-0.2, 0) is 11.3 Å². The van der Waals surface area contributed by atoms with Crippen LogP contribution in [0.3, 0.4) is 0 Å². The first-order valence-electron chi connectivity index (χ1n) is 9.60. The fourth-order valence-electron chi connectivity index (χ4n) is 2.19. The molecule has 152 valence electrons. The third-order valence-corrected chi connectivity index (χ3v) is 3.52. The average Bonchev–Trinajstić information content (AvgIpc) is 2.55. The van der Waals surface area contributed by atoms with Gasteiger partial charge in [0.15, 0.2) is 5.96 Å². The summed E-state index contributed by atoms with van der Waals surface area (Å²) in [6.07, 6.45) is 0. The highest BCUT2D eigenvalue weighted by Crippen LogP contribution is 2.23. The van der Waals surface area contributed by atoms with Gasteiger partial charge in [-0.3, -0.25) is 4.79 Å². The van der Waals surface area contributed by atoms with Crippen molar-refractivity contribution in [2.75, 3.05) is 19.6 Å². The summed E-state index contributed by atoms with van der Waals surface area (Å²) in [5, 5.41) is 9.40. The third kappa shape index (κ3) is 9.31. The lowest BCUT2D eigenvalue weighted by molar-refractivity contribution is -0.128. The molecule has 0 aliphatic carbocycles. The largest absolute Gasteiger partial charge is 0.488 e. The molecule has 0 unspecified atom stereocenters. The molecule has 1 amide bonds. The Hall–Kier alpha value is -2.24. The minimum Gasteiger partial charge on any atom is -0.488 e. The van der Waals surface area contributed by atoms with Crippen molar-refractivity contribution in [3.05, 3.63) is 29.8 Å².